The lowest BCUT2D eigenvalue weighted by atomic mass is 10.1. The Kier molecular flexibility index (Phi) is 6.83. The molecule has 2 aromatic carbocycles. The molecule has 0 saturated carbocycles. The lowest BCUT2D eigenvalue weighted by Gasteiger charge is -2.13. The van der Waals surface area contributed by atoms with Crippen molar-refractivity contribution < 1.29 is 28.6 Å². The fraction of sp³-hybridized carbons (Fsp3) is 0.150. The number of hydrogen-bond donors (Lipinski definition) is 1. The molecule has 0 unspecified atom stereocenters. The predicted octanol–water partition coefficient (Wildman–Crippen LogP) is 3.60. The molecule has 1 heterocycles. The third-order valence-corrected chi connectivity index (χ3v) is 5.11. The van der Waals surface area contributed by atoms with Crippen molar-refractivity contribution in [2.45, 2.75) is 0 Å². The second kappa shape index (κ2) is 9.35. The number of rotatable bonds is 6. The Morgan fingerprint density at radius 2 is 2.00 bits per heavy atom. The van der Waals surface area contributed by atoms with Crippen molar-refractivity contribution in [1.29, 1.82) is 0 Å². The number of nitrogens with one attached hydrogen (secondary N) is 1. The molecule has 2 aromatic rings. The molecule has 1 saturated heterocycles. The molecule has 30 heavy (non-hydrogen) atoms. The number of nitrogens with zero attached hydrogens (tertiary/aromatic N) is 1. The number of urea groups is 1. The van der Waals surface area contributed by atoms with Crippen molar-refractivity contribution >= 4 is 63.9 Å². The van der Waals surface area contributed by atoms with Crippen LogP contribution in [-0.2, 0) is 14.3 Å². The Labute approximate surface area is 190 Å². The molecule has 8 nitrogen and oxygen atoms in total. The average Bonchev–Trinajstić information content (AvgIpc) is 2.99. The van der Waals surface area contributed by atoms with Crippen LogP contribution in [0.5, 0.6) is 11.5 Å². The minimum absolute atomic E-state index is 0.0982. The molecule has 0 bridgehead atoms. The SMILES string of the molecule is COC(=O)COc1c(I)cc(/C=C2/NC(=O)N(c3cccc(Cl)c3)C2=O)cc1OC. The van der Waals surface area contributed by atoms with E-state index in [0.717, 1.165) is 4.90 Å². The second-order valence-electron chi connectivity index (χ2n) is 6.01. The minimum atomic E-state index is -0.576. The molecule has 10 heteroatoms. The van der Waals surface area contributed by atoms with Gasteiger partial charge in [0.15, 0.2) is 18.1 Å². The number of anilines is 1. The van der Waals surface area contributed by atoms with Gasteiger partial charge < -0.3 is 19.5 Å². The van der Waals surface area contributed by atoms with Crippen molar-refractivity contribution in [2.75, 3.05) is 25.7 Å². The number of hydrogen-bond acceptors (Lipinski definition) is 6. The average molecular weight is 543 g/mol. The Morgan fingerprint density at radius 1 is 1.23 bits per heavy atom. The number of amides is 3. The van der Waals surface area contributed by atoms with Gasteiger partial charge in [-0.1, -0.05) is 17.7 Å². The molecule has 0 aliphatic carbocycles. The summed E-state index contributed by atoms with van der Waals surface area (Å²) in [4.78, 5) is 37.5. The summed E-state index contributed by atoms with van der Waals surface area (Å²) in [5.74, 6) is -0.309. The smallest absolute Gasteiger partial charge is 0.343 e. The summed E-state index contributed by atoms with van der Waals surface area (Å²) in [7, 11) is 2.72. The number of halogens is 2. The first-order chi connectivity index (χ1) is 14.3. The molecule has 0 atom stereocenters. The number of esters is 1. The Hall–Kier alpha value is -2.79. The van der Waals surface area contributed by atoms with Gasteiger partial charge in [0.1, 0.15) is 5.70 Å². The molecule has 0 spiro atoms. The molecule has 156 valence electrons. The van der Waals surface area contributed by atoms with Crippen LogP contribution >= 0.6 is 34.2 Å². The van der Waals surface area contributed by atoms with E-state index in [0.29, 0.717) is 31.3 Å². The van der Waals surface area contributed by atoms with Gasteiger partial charge in [0.05, 0.1) is 23.5 Å². The number of ether oxygens (including phenoxy) is 3. The summed E-state index contributed by atoms with van der Waals surface area (Å²) in [5.41, 5.74) is 1.06. The molecule has 3 rings (SSSR count). The van der Waals surface area contributed by atoms with E-state index >= 15 is 0 Å². The largest absolute Gasteiger partial charge is 0.493 e. The lowest BCUT2D eigenvalue weighted by molar-refractivity contribution is -0.142. The van der Waals surface area contributed by atoms with E-state index in [9.17, 15) is 14.4 Å². The number of methoxy groups -OCH3 is 2. The van der Waals surface area contributed by atoms with E-state index in [2.05, 4.69) is 10.1 Å². The summed E-state index contributed by atoms with van der Waals surface area (Å²) >= 11 is 7.99. The van der Waals surface area contributed by atoms with Gasteiger partial charge >= 0.3 is 12.0 Å². The summed E-state index contributed by atoms with van der Waals surface area (Å²) in [6, 6.07) is 9.23. The van der Waals surface area contributed by atoms with Crippen LogP contribution in [-0.4, -0.2) is 38.7 Å². The van der Waals surface area contributed by atoms with Gasteiger partial charge in [-0.15, -0.1) is 0 Å². The first-order valence-electron chi connectivity index (χ1n) is 8.54. The highest BCUT2D eigenvalue weighted by molar-refractivity contribution is 14.1. The van der Waals surface area contributed by atoms with E-state index in [-0.39, 0.29) is 12.3 Å². The maximum absolute atomic E-state index is 12.8. The predicted molar refractivity (Wildman–Crippen MR) is 119 cm³/mol. The zero-order valence-corrected chi connectivity index (χ0v) is 18.8. The van der Waals surface area contributed by atoms with E-state index in [1.165, 1.54) is 26.4 Å². The molecule has 3 amide bonds. The Bertz CT molecular complexity index is 1060. The highest BCUT2D eigenvalue weighted by Gasteiger charge is 2.35. The van der Waals surface area contributed by atoms with Crippen LogP contribution in [0.25, 0.3) is 6.08 Å². The van der Waals surface area contributed by atoms with E-state index in [4.69, 9.17) is 21.1 Å². The van der Waals surface area contributed by atoms with Gasteiger partial charge in [-0.25, -0.2) is 14.5 Å². The van der Waals surface area contributed by atoms with Crippen molar-refractivity contribution in [1.82, 2.24) is 5.32 Å². The molecule has 1 aliphatic rings. The van der Waals surface area contributed by atoms with Crippen LogP contribution in [0.4, 0.5) is 10.5 Å². The van der Waals surface area contributed by atoms with E-state index < -0.39 is 17.9 Å². The maximum Gasteiger partial charge on any atom is 0.343 e. The van der Waals surface area contributed by atoms with Crippen LogP contribution in [0.3, 0.4) is 0 Å². The van der Waals surface area contributed by atoms with Gasteiger partial charge in [0.2, 0.25) is 0 Å². The van der Waals surface area contributed by atoms with Crippen LogP contribution in [0.1, 0.15) is 5.56 Å². The van der Waals surface area contributed by atoms with Crippen LogP contribution in [0.15, 0.2) is 42.1 Å². The van der Waals surface area contributed by atoms with Crippen molar-refractivity contribution in [3.05, 3.63) is 56.3 Å². The lowest BCUT2D eigenvalue weighted by Crippen LogP contribution is -2.30. The normalized spacial score (nSPS) is 14.7. The van der Waals surface area contributed by atoms with Gasteiger partial charge in [-0.05, 0) is 64.6 Å². The minimum Gasteiger partial charge on any atom is -0.493 e. The molecule has 1 N–H and O–H groups in total. The van der Waals surface area contributed by atoms with E-state index in [1.807, 2.05) is 22.6 Å². The third kappa shape index (κ3) is 4.68. The summed E-state index contributed by atoms with van der Waals surface area (Å²) in [6.45, 7) is -0.271. The molecular formula is C20H16ClIN2O6. The van der Waals surface area contributed by atoms with Crippen LogP contribution in [0, 0.1) is 3.57 Å². The number of carbonyl (C=O) groups excluding carboxylic acids is 3. The molecule has 0 radical (unpaired) electrons. The van der Waals surface area contributed by atoms with Gasteiger partial charge in [0, 0.05) is 5.02 Å². The van der Waals surface area contributed by atoms with Gasteiger partial charge in [0.25, 0.3) is 5.91 Å². The second-order valence-corrected chi connectivity index (χ2v) is 7.61. The number of imide groups is 1. The highest BCUT2D eigenvalue weighted by Crippen LogP contribution is 2.35. The summed E-state index contributed by atoms with van der Waals surface area (Å²) in [6.07, 6.45) is 1.53. The maximum atomic E-state index is 12.8. The first-order valence-corrected chi connectivity index (χ1v) is 9.99. The van der Waals surface area contributed by atoms with Crippen molar-refractivity contribution in [3.8, 4) is 11.5 Å². The number of benzene rings is 2. The summed E-state index contributed by atoms with van der Waals surface area (Å²) < 4.78 is 16.0. The van der Waals surface area contributed by atoms with Gasteiger partial charge in [-0.3, -0.25) is 4.79 Å². The Morgan fingerprint density at radius 3 is 2.67 bits per heavy atom. The zero-order valence-electron chi connectivity index (χ0n) is 15.9. The van der Waals surface area contributed by atoms with Gasteiger partial charge in [-0.2, -0.15) is 0 Å². The highest BCUT2D eigenvalue weighted by atomic mass is 127. The first kappa shape index (κ1) is 21.9. The topological polar surface area (TPSA) is 94.2 Å². The van der Waals surface area contributed by atoms with Crippen molar-refractivity contribution in [2.24, 2.45) is 0 Å². The molecule has 1 aliphatic heterocycles. The molecule has 1 fully saturated rings. The van der Waals surface area contributed by atoms with Crippen LogP contribution < -0.4 is 19.7 Å². The quantitative estimate of drug-likeness (QED) is 0.260. The van der Waals surface area contributed by atoms with Crippen molar-refractivity contribution in [3.63, 3.8) is 0 Å². The fourth-order valence-corrected chi connectivity index (χ4v) is 3.67. The molecular weight excluding hydrogens is 527 g/mol. The molecule has 0 aromatic heterocycles. The third-order valence-electron chi connectivity index (χ3n) is 4.07. The monoisotopic (exact) mass is 542 g/mol. The standard InChI is InChI=1S/C20H16ClIN2O6/c1-28-16-8-11(6-14(22)18(16)30-10-17(25)29-2)7-15-19(26)24(20(27)23-15)13-5-3-4-12(21)9-13/h3-9H,10H2,1-2H3,(H,23,27)/b15-7+. The number of carbonyl (C=O) groups is 3. The summed E-state index contributed by atoms with van der Waals surface area (Å²) in [5, 5.41) is 2.97. The fourth-order valence-electron chi connectivity index (χ4n) is 2.70. The zero-order chi connectivity index (χ0) is 21.8. The van der Waals surface area contributed by atoms with E-state index in [1.54, 1.807) is 30.3 Å². The Balaban J connectivity index is 1.89. The van der Waals surface area contributed by atoms with Crippen LogP contribution in [0.2, 0.25) is 5.02 Å².